The third-order valence-electron chi connectivity index (χ3n) is 3.13. The SMILES string of the molecule is COCCN(c1ccc([N+](=O)[O-])cc1C=O)C(C)COC. The summed E-state index contributed by atoms with van der Waals surface area (Å²) >= 11 is 0. The van der Waals surface area contributed by atoms with Gasteiger partial charge in [0.25, 0.3) is 5.69 Å². The minimum atomic E-state index is -0.519. The molecule has 0 N–H and O–H groups in total. The number of rotatable bonds is 9. The Morgan fingerprint density at radius 2 is 2.10 bits per heavy atom. The molecule has 0 bridgehead atoms. The van der Waals surface area contributed by atoms with Crippen LogP contribution in [0.1, 0.15) is 17.3 Å². The molecule has 1 rings (SSSR count). The first-order valence-electron chi connectivity index (χ1n) is 6.53. The molecule has 21 heavy (non-hydrogen) atoms. The largest absolute Gasteiger partial charge is 0.383 e. The van der Waals surface area contributed by atoms with Gasteiger partial charge in [-0.25, -0.2) is 0 Å². The van der Waals surface area contributed by atoms with E-state index in [4.69, 9.17) is 9.47 Å². The van der Waals surface area contributed by atoms with Crippen molar-refractivity contribution in [2.24, 2.45) is 0 Å². The zero-order valence-corrected chi connectivity index (χ0v) is 12.4. The highest BCUT2D eigenvalue weighted by molar-refractivity contribution is 5.86. The van der Waals surface area contributed by atoms with Crippen molar-refractivity contribution >= 4 is 17.7 Å². The summed E-state index contributed by atoms with van der Waals surface area (Å²) in [5, 5.41) is 10.8. The second kappa shape index (κ2) is 8.33. The molecule has 1 aromatic rings. The van der Waals surface area contributed by atoms with E-state index in [0.29, 0.717) is 31.7 Å². The molecule has 116 valence electrons. The molecule has 0 aromatic heterocycles. The van der Waals surface area contributed by atoms with Crippen LogP contribution in [0, 0.1) is 10.1 Å². The first kappa shape index (κ1) is 17.1. The lowest BCUT2D eigenvalue weighted by Crippen LogP contribution is -2.39. The summed E-state index contributed by atoms with van der Waals surface area (Å²) in [6.07, 6.45) is 0.627. The van der Waals surface area contributed by atoms with Crippen LogP contribution in [-0.2, 0) is 9.47 Å². The lowest BCUT2D eigenvalue weighted by atomic mass is 10.1. The van der Waals surface area contributed by atoms with Crippen LogP contribution in [0.4, 0.5) is 11.4 Å². The highest BCUT2D eigenvalue weighted by atomic mass is 16.6. The van der Waals surface area contributed by atoms with Gasteiger partial charge in [-0.1, -0.05) is 0 Å². The number of nitro benzene ring substituents is 1. The lowest BCUT2D eigenvalue weighted by Gasteiger charge is -2.31. The predicted octanol–water partition coefficient (Wildman–Crippen LogP) is 1.90. The summed E-state index contributed by atoms with van der Waals surface area (Å²) in [5.74, 6) is 0. The quantitative estimate of drug-likeness (QED) is 0.393. The maximum Gasteiger partial charge on any atom is 0.270 e. The van der Waals surface area contributed by atoms with Crippen LogP contribution in [0.25, 0.3) is 0 Å². The molecule has 7 nitrogen and oxygen atoms in total. The topological polar surface area (TPSA) is 81.9 Å². The van der Waals surface area contributed by atoms with Gasteiger partial charge in [0.1, 0.15) is 0 Å². The van der Waals surface area contributed by atoms with E-state index in [-0.39, 0.29) is 17.3 Å². The van der Waals surface area contributed by atoms with Gasteiger partial charge in [-0.3, -0.25) is 14.9 Å². The van der Waals surface area contributed by atoms with Crippen molar-refractivity contribution in [2.45, 2.75) is 13.0 Å². The molecule has 7 heteroatoms. The number of ether oxygens (including phenoxy) is 2. The van der Waals surface area contributed by atoms with E-state index >= 15 is 0 Å². The Morgan fingerprint density at radius 3 is 2.62 bits per heavy atom. The molecule has 0 amide bonds. The molecule has 0 saturated heterocycles. The summed E-state index contributed by atoms with van der Waals surface area (Å²) < 4.78 is 10.2. The standard InChI is InChI=1S/C14H20N2O5/c1-11(10-21-3)15(6-7-20-2)14-5-4-13(16(18)19)8-12(14)9-17/h4-5,8-9,11H,6-7,10H2,1-3H3. The molecule has 0 radical (unpaired) electrons. The lowest BCUT2D eigenvalue weighted by molar-refractivity contribution is -0.384. The van der Waals surface area contributed by atoms with Crippen LogP contribution in [-0.4, -0.2) is 51.2 Å². The highest BCUT2D eigenvalue weighted by Gasteiger charge is 2.19. The zero-order valence-electron chi connectivity index (χ0n) is 12.4. The molecule has 0 fully saturated rings. The summed E-state index contributed by atoms with van der Waals surface area (Å²) in [7, 11) is 3.19. The summed E-state index contributed by atoms with van der Waals surface area (Å²) in [6.45, 7) is 3.46. The fourth-order valence-electron chi connectivity index (χ4n) is 2.11. The number of benzene rings is 1. The van der Waals surface area contributed by atoms with Crippen LogP contribution in [0.2, 0.25) is 0 Å². The van der Waals surface area contributed by atoms with Gasteiger partial charge >= 0.3 is 0 Å². The monoisotopic (exact) mass is 296 g/mol. The molecule has 1 atom stereocenters. The van der Waals surface area contributed by atoms with Crippen LogP contribution < -0.4 is 4.90 Å². The first-order chi connectivity index (χ1) is 10.0. The van der Waals surface area contributed by atoms with E-state index in [2.05, 4.69) is 0 Å². The van der Waals surface area contributed by atoms with Gasteiger partial charge < -0.3 is 14.4 Å². The van der Waals surface area contributed by atoms with E-state index in [1.807, 2.05) is 11.8 Å². The Balaban J connectivity index is 3.16. The van der Waals surface area contributed by atoms with Crippen molar-refractivity contribution in [1.29, 1.82) is 0 Å². The second-order valence-electron chi connectivity index (χ2n) is 4.61. The molecule has 0 aliphatic rings. The number of non-ortho nitro benzene ring substituents is 1. The van der Waals surface area contributed by atoms with E-state index in [1.165, 1.54) is 12.1 Å². The zero-order chi connectivity index (χ0) is 15.8. The molecule has 0 spiro atoms. The van der Waals surface area contributed by atoms with Crippen LogP contribution in [0.15, 0.2) is 18.2 Å². The van der Waals surface area contributed by atoms with E-state index in [1.54, 1.807) is 20.3 Å². The van der Waals surface area contributed by atoms with Gasteiger partial charge in [-0.15, -0.1) is 0 Å². The van der Waals surface area contributed by atoms with E-state index in [9.17, 15) is 14.9 Å². The molecular weight excluding hydrogens is 276 g/mol. The van der Waals surface area contributed by atoms with Gasteiger partial charge in [0.2, 0.25) is 0 Å². The van der Waals surface area contributed by atoms with Crippen molar-refractivity contribution in [3.8, 4) is 0 Å². The van der Waals surface area contributed by atoms with Crippen molar-refractivity contribution in [3.63, 3.8) is 0 Å². The van der Waals surface area contributed by atoms with Crippen molar-refractivity contribution < 1.29 is 19.2 Å². The normalized spacial score (nSPS) is 12.0. The average Bonchev–Trinajstić information content (AvgIpc) is 2.47. The van der Waals surface area contributed by atoms with Gasteiger partial charge in [0, 0.05) is 50.2 Å². The maximum absolute atomic E-state index is 11.2. The number of aldehydes is 1. The number of carbonyl (C=O) groups excluding carboxylic acids is 1. The van der Waals surface area contributed by atoms with E-state index < -0.39 is 4.92 Å². The van der Waals surface area contributed by atoms with Gasteiger partial charge in [0.15, 0.2) is 6.29 Å². The first-order valence-corrected chi connectivity index (χ1v) is 6.53. The Labute approximate surface area is 123 Å². The molecular formula is C14H20N2O5. The molecule has 0 aliphatic heterocycles. The third-order valence-corrected chi connectivity index (χ3v) is 3.13. The van der Waals surface area contributed by atoms with Gasteiger partial charge in [0.05, 0.1) is 18.1 Å². The minimum Gasteiger partial charge on any atom is -0.383 e. The number of nitrogens with zero attached hydrogens (tertiary/aromatic N) is 2. The molecule has 0 saturated carbocycles. The number of hydrogen-bond donors (Lipinski definition) is 0. The third kappa shape index (κ3) is 4.51. The molecule has 0 aliphatic carbocycles. The van der Waals surface area contributed by atoms with Crippen LogP contribution >= 0.6 is 0 Å². The Morgan fingerprint density at radius 1 is 1.38 bits per heavy atom. The van der Waals surface area contributed by atoms with E-state index in [0.717, 1.165) is 0 Å². The maximum atomic E-state index is 11.2. The van der Waals surface area contributed by atoms with Crippen molar-refractivity contribution in [2.75, 3.05) is 38.9 Å². The summed E-state index contributed by atoms with van der Waals surface area (Å²) in [5.41, 5.74) is 0.812. The molecule has 1 unspecified atom stereocenters. The smallest absolute Gasteiger partial charge is 0.270 e. The van der Waals surface area contributed by atoms with Gasteiger partial charge in [-0.2, -0.15) is 0 Å². The summed E-state index contributed by atoms with van der Waals surface area (Å²) in [4.78, 5) is 23.5. The van der Waals surface area contributed by atoms with Crippen molar-refractivity contribution in [1.82, 2.24) is 0 Å². The number of methoxy groups -OCH3 is 2. The number of hydrogen-bond acceptors (Lipinski definition) is 6. The molecule has 1 aromatic carbocycles. The summed E-state index contributed by atoms with van der Waals surface area (Å²) in [6, 6.07) is 4.26. The number of anilines is 1. The Bertz CT molecular complexity index is 492. The Hall–Kier alpha value is -1.99. The number of carbonyl (C=O) groups is 1. The Kier molecular flexibility index (Phi) is 6.77. The average molecular weight is 296 g/mol. The van der Waals surface area contributed by atoms with Crippen LogP contribution in [0.3, 0.4) is 0 Å². The van der Waals surface area contributed by atoms with Crippen LogP contribution in [0.5, 0.6) is 0 Å². The van der Waals surface area contributed by atoms with Gasteiger partial charge in [-0.05, 0) is 13.0 Å². The molecule has 0 heterocycles. The second-order valence-corrected chi connectivity index (χ2v) is 4.61. The highest BCUT2D eigenvalue weighted by Crippen LogP contribution is 2.26. The fraction of sp³-hybridized carbons (Fsp3) is 0.500. The fourth-order valence-corrected chi connectivity index (χ4v) is 2.11. The van der Waals surface area contributed by atoms with Crippen molar-refractivity contribution in [3.05, 3.63) is 33.9 Å². The number of nitro groups is 1. The minimum absolute atomic E-state index is 0.00491. The predicted molar refractivity (Wildman–Crippen MR) is 79.0 cm³/mol.